The van der Waals surface area contributed by atoms with Crippen molar-refractivity contribution >= 4 is 18.0 Å². The molecule has 0 aromatic heterocycles. The van der Waals surface area contributed by atoms with Crippen LogP contribution in [0.25, 0.3) is 0 Å². The zero-order valence-corrected chi connectivity index (χ0v) is 18.2. The Hall–Kier alpha value is -1.97. The van der Waals surface area contributed by atoms with Crippen molar-refractivity contribution < 1.29 is 38.1 Å². The topological polar surface area (TPSA) is 116 Å². The average Bonchev–Trinajstić information content (AvgIpc) is 3.57. The fourth-order valence-electron chi connectivity index (χ4n) is 4.55. The SMILES string of the molecule is COC1C(OC(=O)NC(=O)COC(C)=O)CCC2(CO2)C1C1(C)OC1CC=C(C)C. The second-order valence-corrected chi connectivity index (χ2v) is 8.65. The molecule has 2 amide bonds. The summed E-state index contributed by atoms with van der Waals surface area (Å²) in [6.07, 6.45) is 2.39. The summed E-state index contributed by atoms with van der Waals surface area (Å²) >= 11 is 0. The van der Waals surface area contributed by atoms with E-state index in [1.807, 2.05) is 0 Å². The molecule has 30 heavy (non-hydrogen) atoms. The van der Waals surface area contributed by atoms with Gasteiger partial charge in [0.25, 0.3) is 5.91 Å². The Balaban J connectivity index is 1.65. The van der Waals surface area contributed by atoms with Crippen LogP contribution in [0.3, 0.4) is 0 Å². The molecule has 1 aliphatic carbocycles. The van der Waals surface area contributed by atoms with Crippen molar-refractivity contribution in [2.75, 3.05) is 20.3 Å². The van der Waals surface area contributed by atoms with Crippen LogP contribution in [0.15, 0.2) is 11.6 Å². The Kier molecular flexibility index (Phi) is 6.54. The van der Waals surface area contributed by atoms with Crippen LogP contribution in [-0.4, -0.2) is 67.8 Å². The summed E-state index contributed by atoms with van der Waals surface area (Å²) in [7, 11) is 1.58. The number of alkyl carbamates (subject to hydrolysis) is 1. The molecular weight excluding hydrogens is 394 g/mol. The van der Waals surface area contributed by atoms with Gasteiger partial charge in [-0.3, -0.25) is 14.9 Å². The molecule has 1 saturated carbocycles. The number of epoxide rings is 2. The molecule has 9 heteroatoms. The number of amides is 2. The minimum atomic E-state index is -0.895. The summed E-state index contributed by atoms with van der Waals surface area (Å²) < 4.78 is 27.8. The Bertz CT molecular complexity index is 727. The van der Waals surface area contributed by atoms with Gasteiger partial charge in [-0.2, -0.15) is 0 Å². The highest BCUT2D eigenvalue weighted by molar-refractivity contribution is 5.93. The third kappa shape index (κ3) is 4.84. The molecule has 2 heterocycles. The second-order valence-electron chi connectivity index (χ2n) is 8.65. The second kappa shape index (κ2) is 8.64. The zero-order chi connectivity index (χ0) is 22.1. The van der Waals surface area contributed by atoms with Gasteiger partial charge in [0.05, 0.1) is 18.6 Å². The van der Waals surface area contributed by atoms with Crippen LogP contribution >= 0.6 is 0 Å². The van der Waals surface area contributed by atoms with Crippen molar-refractivity contribution in [1.29, 1.82) is 0 Å². The number of esters is 1. The molecule has 3 rings (SSSR count). The van der Waals surface area contributed by atoms with E-state index in [4.69, 9.17) is 18.9 Å². The predicted molar refractivity (Wildman–Crippen MR) is 105 cm³/mol. The molecule has 1 N–H and O–H groups in total. The maximum absolute atomic E-state index is 12.2. The number of methoxy groups -OCH3 is 1. The van der Waals surface area contributed by atoms with Crippen LogP contribution < -0.4 is 5.32 Å². The Labute approximate surface area is 176 Å². The average molecular weight is 425 g/mol. The number of ether oxygens (including phenoxy) is 5. The van der Waals surface area contributed by atoms with Gasteiger partial charge in [0.15, 0.2) is 6.61 Å². The van der Waals surface area contributed by atoms with Gasteiger partial charge in [0.2, 0.25) is 0 Å². The molecule has 0 bridgehead atoms. The first-order valence-corrected chi connectivity index (χ1v) is 10.2. The smallest absolute Gasteiger partial charge is 0.414 e. The van der Waals surface area contributed by atoms with Crippen LogP contribution in [0.1, 0.15) is 47.0 Å². The molecule has 0 aromatic carbocycles. The molecule has 2 aliphatic heterocycles. The standard InChI is InChI=1S/C21H31NO8/c1-12(2)6-7-15-20(4,30-15)18-17(26-5)14(8-9-21(18)11-28-21)29-19(25)22-16(24)10-27-13(3)23/h6,14-15,17-18H,7-11H2,1-5H3,(H,22,24,25). The lowest BCUT2D eigenvalue weighted by atomic mass is 9.68. The van der Waals surface area contributed by atoms with E-state index < -0.39 is 42.4 Å². The highest BCUT2D eigenvalue weighted by atomic mass is 16.6. The van der Waals surface area contributed by atoms with Crippen molar-refractivity contribution in [3.8, 4) is 0 Å². The third-order valence-electron chi connectivity index (χ3n) is 6.14. The minimum absolute atomic E-state index is 0.0500. The molecular formula is C21H31NO8. The van der Waals surface area contributed by atoms with Gasteiger partial charge in [-0.05, 0) is 40.0 Å². The Morgan fingerprint density at radius 2 is 1.93 bits per heavy atom. The van der Waals surface area contributed by atoms with Crippen molar-refractivity contribution in [2.24, 2.45) is 5.92 Å². The molecule has 3 fully saturated rings. The van der Waals surface area contributed by atoms with Crippen LogP contribution in [0.2, 0.25) is 0 Å². The number of allylic oxidation sites excluding steroid dienone is 1. The van der Waals surface area contributed by atoms with E-state index in [0.29, 0.717) is 19.4 Å². The molecule has 6 unspecified atom stereocenters. The number of rotatable bonds is 7. The predicted octanol–water partition coefficient (Wildman–Crippen LogP) is 1.88. The lowest BCUT2D eigenvalue weighted by Gasteiger charge is -2.42. The Morgan fingerprint density at radius 3 is 2.50 bits per heavy atom. The van der Waals surface area contributed by atoms with Gasteiger partial charge < -0.3 is 23.7 Å². The summed E-state index contributed by atoms with van der Waals surface area (Å²) in [6.45, 7) is 7.43. The van der Waals surface area contributed by atoms with Crippen LogP contribution in [0.4, 0.5) is 4.79 Å². The van der Waals surface area contributed by atoms with E-state index in [-0.39, 0.29) is 17.6 Å². The minimum Gasteiger partial charge on any atom is -0.456 e. The van der Waals surface area contributed by atoms with Crippen molar-refractivity contribution in [3.05, 3.63) is 11.6 Å². The molecule has 6 atom stereocenters. The van der Waals surface area contributed by atoms with E-state index in [9.17, 15) is 14.4 Å². The van der Waals surface area contributed by atoms with E-state index in [2.05, 4.69) is 36.9 Å². The van der Waals surface area contributed by atoms with Crippen LogP contribution in [0, 0.1) is 5.92 Å². The van der Waals surface area contributed by atoms with Gasteiger partial charge in [-0.15, -0.1) is 0 Å². The number of imide groups is 1. The number of carbonyl (C=O) groups excluding carboxylic acids is 3. The molecule has 3 aliphatic rings. The summed E-state index contributed by atoms with van der Waals surface area (Å²) in [4.78, 5) is 34.7. The number of nitrogens with one attached hydrogen (secondary N) is 1. The van der Waals surface area contributed by atoms with Gasteiger partial charge >= 0.3 is 12.1 Å². The monoisotopic (exact) mass is 425 g/mol. The first-order chi connectivity index (χ1) is 14.1. The molecule has 0 aromatic rings. The fraction of sp³-hybridized carbons (Fsp3) is 0.762. The lowest BCUT2D eigenvalue weighted by molar-refractivity contribution is -0.146. The maximum Gasteiger partial charge on any atom is 0.414 e. The van der Waals surface area contributed by atoms with Crippen LogP contribution in [-0.2, 0) is 33.3 Å². The summed E-state index contributed by atoms with van der Waals surface area (Å²) in [6, 6.07) is 0. The number of hydrogen-bond acceptors (Lipinski definition) is 8. The summed E-state index contributed by atoms with van der Waals surface area (Å²) in [5.74, 6) is -1.46. The van der Waals surface area contributed by atoms with Gasteiger partial charge in [-0.1, -0.05) is 11.6 Å². The van der Waals surface area contributed by atoms with Crippen molar-refractivity contribution in [2.45, 2.75) is 76.5 Å². The van der Waals surface area contributed by atoms with Gasteiger partial charge in [0.1, 0.15) is 23.4 Å². The molecule has 0 radical (unpaired) electrons. The number of carbonyl (C=O) groups is 3. The largest absolute Gasteiger partial charge is 0.456 e. The van der Waals surface area contributed by atoms with Crippen molar-refractivity contribution in [1.82, 2.24) is 5.32 Å². The number of hydrogen-bond donors (Lipinski definition) is 1. The normalized spacial score (nSPS) is 36.6. The van der Waals surface area contributed by atoms with E-state index in [1.165, 1.54) is 12.5 Å². The Morgan fingerprint density at radius 1 is 1.23 bits per heavy atom. The highest BCUT2D eigenvalue weighted by Crippen LogP contribution is 2.59. The summed E-state index contributed by atoms with van der Waals surface area (Å²) in [5.41, 5.74) is 0.470. The van der Waals surface area contributed by atoms with E-state index in [1.54, 1.807) is 7.11 Å². The molecule has 9 nitrogen and oxygen atoms in total. The highest BCUT2D eigenvalue weighted by Gasteiger charge is 2.72. The first kappa shape index (κ1) is 22.7. The van der Waals surface area contributed by atoms with Gasteiger partial charge in [0, 0.05) is 14.0 Å². The van der Waals surface area contributed by atoms with Crippen molar-refractivity contribution in [3.63, 3.8) is 0 Å². The van der Waals surface area contributed by atoms with Crippen LogP contribution in [0.5, 0.6) is 0 Å². The maximum atomic E-state index is 12.2. The molecule has 168 valence electrons. The molecule has 2 saturated heterocycles. The third-order valence-corrected chi connectivity index (χ3v) is 6.14. The quantitative estimate of drug-likeness (QED) is 0.373. The summed E-state index contributed by atoms with van der Waals surface area (Å²) in [5, 5.41) is 2.07. The van der Waals surface area contributed by atoms with E-state index >= 15 is 0 Å². The molecule has 1 spiro atoms. The van der Waals surface area contributed by atoms with Gasteiger partial charge in [-0.25, -0.2) is 4.79 Å². The zero-order valence-electron chi connectivity index (χ0n) is 18.2. The first-order valence-electron chi connectivity index (χ1n) is 10.2. The lowest BCUT2D eigenvalue weighted by Crippen LogP contribution is -2.56. The fourth-order valence-corrected chi connectivity index (χ4v) is 4.55. The van der Waals surface area contributed by atoms with E-state index in [0.717, 1.165) is 6.42 Å².